The molecule has 0 bridgehead atoms. The van der Waals surface area contributed by atoms with Crippen LogP contribution < -0.4 is 5.32 Å². The molecular weight excluding hydrogens is 314 g/mol. The minimum atomic E-state index is 0.0661. The maximum absolute atomic E-state index is 12.4. The van der Waals surface area contributed by atoms with Gasteiger partial charge in [-0.2, -0.15) is 0 Å². The average molecular weight is 343 g/mol. The van der Waals surface area contributed by atoms with Gasteiger partial charge in [-0.15, -0.1) is 0 Å². The molecule has 2 fully saturated rings. The van der Waals surface area contributed by atoms with E-state index in [0.717, 1.165) is 37.1 Å². The van der Waals surface area contributed by atoms with Gasteiger partial charge in [0.05, 0.1) is 6.54 Å². The number of nitrogens with zero attached hydrogens (tertiary/aromatic N) is 2. The highest BCUT2D eigenvalue weighted by molar-refractivity contribution is 5.97. The van der Waals surface area contributed by atoms with E-state index in [2.05, 4.69) is 10.2 Å². The maximum Gasteiger partial charge on any atom is 0.317 e. The summed E-state index contributed by atoms with van der Waals surface area (Å²) in [5.41, 5.74) is 1.93. The molecule has 1 heterocycles. The number of carbonyl (C=O) groups is 2. The summed E-state index contributed by atoms with van der Waals surface area (Å²) in [5, 5.41) is 3.18. The Morgan fingerprint density at radius 3 is 2.28 bits per heavy atom. The van der Waals surface area contributed by atoms with E-state index in [1.807, 2.05) is 36.1 Å². The van der Waals surface area contributed by atoms with Crippen LogP contribution in [0.25, 0.3) is 0 Å². The summed E-state index contributed by atoms with van der Waals surface area (Å²) in [7, 11) is 0. The van der Waals surface area contributed by atoms with Gasteiger partial charge in [0.15, 0.2) is 5.78 Å². The van der Waals surface area contributed by atoms with E-state index in [9.17, 15) is 9.59 Å². The SMILES string of the molecule is Cc1ccc(C(=O)CN2CCN(C(=O)NC3CCCCC3)CC2)cc1. The number of piperazine rings is 1. The predicted molar refractivity (Wildman–Crippen MR) is 98.9 cm³/mol. The molecule has 1 saturated carbocycles. The fourth-order valence-electron chi connectivity index (χ4n) is 3.66. The second kappa shape index (κ2) is 8.48. The van der Waals surface area contributed by atoms with E-state index < -0.39 is 0 Å². The number of hydrogen-bond donors (Lipinski definition) is 1. The first-order valence-electron chi connectivity index (χ1n) is 9.49. The molecule has 1 aliphatic heterocycles. The summed E-state index contributed by atoms with van der Waals surface area (Å²) >= 11 is 0. The minimum absolute atomic E-state index is 0.0661. The van der Waals surface area contributed by atoms with Gasteiger partial charge in [-0.25, -0.2) is 4.79 Å². The lowest BCUT2D eigenvalue weighted by Crippen LogP contribution is -2.54. The van der Waals surface area contributed by atoms with Crippen molar-refractivity contribution >= 4 is 11.8 Å². The number of rotatable bonds is 4. The average Bonchev–Trinajstić information content (AvgIpc) is 2.63. The van der Waals surface area contributed by atoms with Crippen LogP contribution in [0.1, 0.15) is 48.0 Å². The molecule has 136 valence electrons. The maximum atomic E-state index is 12.4. The normalized spacial score (nSPS) is 19.6. The molecule has 0 unspecified atom stereocenters. The number of aryl methyl sites for hydroxylation is 1. The number of amides is 2. The number of hydrogen-bond acceptors (Lipinski definition) is 3. The van der Waals surface area contributed by atoms with Gasteiger partial charge < -0.3 is 10.2 Å². The highest BCUT2D eigenvalue weighted by Gasteiger charge is 2.24. The number of Topliss-reactive ketones (excluding diaryl/α,β-unsaturated/α-hetero) is 1. The van der Waals surface area contributed by atoms with Crippen molar-refractivity contribution in [3.63, 3.8) is 0 Å². The molecule has 1 saturated heterocycles. The van der Waals surface area contributed by atoms with Gasteiger partial charge in [0.2, 0.25) is 0 Å². The van der Waals surface area contributed by atoms with Crippen molar-refractivity contribution in [3.05, 3.63) is 35.4 Å². The van der Waals surface area contributed by atoms with Crippen molar-refractivity contribution in [2.75, 3.05) is 32.7 Å². The third-order valence-corrected chi connectivity index (χ3v) is 5.33. The van der Waals surface area contributed by atoms with Crippen LogP contribution in [0.5, 0.6) is 0 Å². The Kier molecular flexibility index (Phi) is 6.08. The Balaban J connectivity index is 1.42. The lowest BCUT2D eigenvalue weighted by molar-refractivity contribution is 0.0876. The van der Waals surface area contributed by atoms with E-state index in [4.69, 9.17) is 0 Å². The first kappa shape index (κ1) is 17.9. The quantitative estimate of drug-likeness (QED) is 0.856. The third kappa shape index (κ3) is 5.05. The van der Waals surface area contributed by atoms with Gasteiger partial charge in [-0.05, 0) is 19.8 Å². The van der Waals surface area contributed by atoms with Crippen molar-refractivity contribution in [2.24, 2.45) is 0 Å². The van der Waals surface area contributed by atoms with Crippen molar-refractivity contribution in [3.8, 4) is 0 Å². The molecule has 1 aromatic carbocycles. The summed E-state index contributed by atoms with van der Waals surface area (Å²) in [4.78, 5) is 28.8. The molecule has 5 heteroatoms. The van der Waals surface area contributed by atoms with E-state index in [0.29, 0.717) is 25.7 Å². The Labute approximate surface area is 150 Å². The Hall–Kier alpha value is -1.88. The summed E-state index contributed by atoms with van der Waals surface area (Å²) in [6.07, 6.45) is 5.95. The number of nitrogens with one attached hydrogen (secondary N) is 1. The summed E-state index contributed by atoms with van der Waals surface area (Å²) in [6.45, 7) is 5.36. The van der Waals surface area contributed by atoms with Gasteiger partial charge in [-0.1, -0.05) is 49.1 Å². The molecule has 25 heavy (non-hydrogen) atoms. The standard InChI is InChI=1S/C20H29N3O2/c1-16-7-9-17(10-8-16)19(24)15-22-11-13-23(14-12-22)20(25)21-18-5-3-2-4-6-18/h7-10,18H,2-6,11-15H2,1H3,(H,21,25). The minimum Gasteiger partial charge on any atom is -0.335 e. The van der Waals surface area contributed by atoms with Crippen LogP contribution in [0.2, 0.25) is 0 Å². The first-order chi connectivity index (χ1) is 12.1. The van der Waals surface area contributed by atoms with Crippen LogP contribution in [-0.4, -0.2) is 60.4 Å². The second-order valence-corrected chi connectivity index (χ2v) is 7.34. The van der Waals surface area contributed by atoms with E-state index in [1.54, 1.807) is 0 Å². The van der Waals surface area contributed by atoms with E-state index >= 15 is 0 Å². The van der Waals surface area contributed by atoms with Gasteiger partial charge in [0, 0.05) is 37.8 Å². The zero-order valence-electron chi connectivity index (χ0n) is 15.2. The molecule has 1 aromatic rings. The number of urea groups is 1. The van der Waals surface area contributed by atoms with Crippen molar-refractivity contribution in [1.29, 1.82) is 0 Å². The van der Waals surface area contributed by atoms with Gasteiger partial charge in [-0.3, -0.25) is 9.69 Å². The summed E-state index contributed by atoms with van der Waals surface area (Å²) < 4.78 is 0. The lowest BCUT2D eigenvalue weighted by Gasteiger charge is -2.35. The summed E-state index contributed by atoms with van der Waals surface area (Å²) in [6, 6.07) is 8.15. The number of ketones is 1. The molecule has 0 radical (unpaired) electrons. The fraction of sp³-hybridized carbons (Fsp3) is 0.600. The van der Waals surface area contributed by atoms with Crippen LogP contribution in [-0.2, 0) is 0 Å². The van der Waals surface area contributed by atoms with E-state index in [-0.39, 0.29) is 11.8 Å². The van der Waals surface area contributed by atoms with Crippen LogP contribution >= 0.6 is 0 Å². The number of benzene rings is 1. The Bertz CT molecular complexity index is 585. The molecule has 1 N–H and O–H groups in total. The van der Waals surface area contributed by atoms with Crippen LogP contribution in [0.3, 0.4) is 0 Å². The third-order valence-electron chi connectivity index (χ3n) is 5.33. The van der Waals surface area contributed by atoms with Gasteiger partial charge >= 0.3 is 6.03 Å². The molecule has 2 amide bonds. The molecular formula is C20H29N3O2. The van der Waals surface area contributed by atoms with Crippen LogP contribution in [0, 0.1) is 6.92 Å². The molecule has 0 aromatic heterocycles. The lowest BCUT2D eigenvalue weighted by atomic mass is 9.96. The Morgan fingerprint density at radius 1 is 1.00 bits per heavy atom. The first-order valence-corrected chi connectivity index (χ1v) is 9.49. The zero-order chi connectivity index (χ0) is 17.6. The monoisotopic (exact) mass is 343 g/mol. The molecule has 1 aliphatic carbocycles. The van der Waals surface area contributed by atoms with E-state index in [1.165, 1.54) is 19.3 Å². The largest absolute Gasteiger partial charge is 0.335 e. The van der Waals surface area contributed by atoms with Crippen molar-refractivity contribution < 1.29 is 9.59 Å². The molecule has 5 nitrogen and oxygen atoms in total. The highest BCUT2D eigenvalue weighted by Crippen LogP contribution is 2.17. The van der Waals surface area contributed by atoms with Gasteiger partial charge in [0.25, 0.3) is 0 Å². The van der Waals surface area contributed by atoms with Crippen molar-refractivity contribution in [1.82, 2.24) is 15.1 Å². The van der Waals surface area contributed by atoms with Gasteiger partial charge in [0.1, 0.15) is 0 Å². The Morgan fingerprint density at radius 2 is 1.64 bits per heavy atom. The summed E-state index contributed by atoms with van der Waals surface area (Å²) in [5.74, 6) is 0.153. The van der Waals surface area contributed by atoms with Crippen molar-refractivity contribution in [2.45, 2.75) is 45.1 Å². The van der Waals surface area contributed by atoms with Crippen LogP contribution in [0.15, 0.2) is 24.3 Å². The predicted octanol–water partition coefficient (Wildman–Crippen LogP) is 2.84. The second-order valence-electron chi connectivity index (χ2n) is 7.34. The smallest absolute Gasteiger partial charge is 0.317 e. The highest BCUT2D eigenvalue weighted by atomic mass is 16.2. The zero-order valence-corrected chi connectivity index (χ0v) is 15.2. The molecule has 2 aliphatic rings. The topological polar surface area (TPSA) is 52.7 Å². The molecule has 3 rings (SSSR count). The van der Waals surface area contributed by atoms with Crippen LogP contribution in [0.4, 0.5) is 4.79 Å². The molecule has 0 spiro atoms. The molecule has 0 atom stereocenters. The number of carbonyl (C=O) groups excluding carboxylic acids is 2. The fourth-order valence-corrected chi connectivity index (χ4v) is 3.66.